The lowest BCUT2D eigenvalue weighted by molar-refractivity contribution is -0.385. The van der Waals surface area contributed by atoms with Crippen LogP contribution in [0, 0.1) is 13.7 Å². The molecule has 0 aliphatic heterocycles. The average Bonchev–Trinajstić information content (AvgIpc) is 2.19. The molecule has 0 unspecified atom stereocenters. The Morgan fingerprint density at radius 3 is 2.67 bits per heavy atom. The number of hydrogen-bond donors (Lipinski definition) is 0. The second-order valence-corrected chi connectivity index (χ2v) is 4.53. The van der Waals surface area contributed by atoms with Crippen LogP contribution in [0.4, 0.5) is 5.69 Å². The maximum atomic E-state index is 11.3. The fraction of sp³-hybridized carbons (Fsp3) is 0.125. The van der Waals surface area contributed by atoms with E-state index in [4.69, 9.17) is 0 Å². The van der Waals surface area contributed by atoms with E-state index >= 15 is 0 Å². The Morgan fingerprint density at radius 1 is 1.60 bits per heavy atom. The summed E-state index contributed by atoms with van der Waals surface area (Å²) in [6, 6.07) is 2.83. The molecule has 80 valence electrons. The van der Waals surface area contributed by atoms with Gasteiger partial charge in [0, 0.05) is 10.5 Å². The van der Waals surface area contributed by atoms with Crippen molar-refractivity contribution in [2.45, 2.75) is 0 Å². The molecule has 0 saturated heterocycles. The van der Waals surface area contributed by atoms with Gasteiger partial charge in [0.1, 0.15) is 3.57 Å². The van der Waals surface area contributed by atoms with Crippen LogP contribution in [-0.2, 0) is 4.74 Å². The summed E-state index contributed by atoms with van der Waals surface area (Å²) in [6.07, 6.45) is 0. The molecule has 0 bridgehead atoms. The molecule has 7 heteroatoms. The molecule has 0 saturated carbocycles. The van der Waals surface area contributed by atoms with E-state index in [1.54, 1.807) is 22.6 Å². The van der Waals surface area contributed by atoms with Crippen LogP contribution >= 0.6 is 38.5 Å². The maximum Gasteiger partial charge on any atom is 0.339 e. The van der Waals surface area contributed by atoms with Gasteiger partial charge in [0.25, 0.3) is 5.69 Å². The van der Waals surface area contributed by atoms with Gasteiger partial charge in [-0.15, -0.1) is 0 Å². The van der Waals surface area contributed by atoms with Crippen LogP contribution in [0.25, 0.3) is 0 Å². The van der Waals surface area contributed by atoms with Gasteiger partial charge in [-0.25, -0.2) is 4.79 Å². The fourth-order valence-corrected chi connectivity index (χ4v) is 2.14. The van der Waals surface area contributed by atoms with Crippen molar-refractivity contribution >= 4 is 50.2 Å². The van der Waals surface area contributed by atoms with Gasteiger partial charge in [-0.2, -0.15) is 0 Å². The normalized spacial score (nSPS) is 9.80. The van der Waals surface area contributed by atoms with Gasteiger partial charge in [0.15, 0.2) is 0 Å². The topological polar surface area (TPSA) is 69.4 Å². The summed E-state index contributed by atoms with van der Waals surface area (Å²) in [5.41, 5.74) is 0.0598. The van der Waals surface area contributed by atoms with Crippen LogP contribution in [0.15, 0.2) is 16.6 Å². The van der Waals surface area contributed by atoms with E-state index in [2.05, 4.69) is 20.7 Å². The predicted molar refractivity (Wildman–Crippen MR) is 64.9 cm³/mol. The Hall–Kier alpha value is -0.700. The molecular formula is C8H5BrINO4. The first-order valence-corrected chi connectivity index (χ1v) is 5.56. The van der Waals surface area contributed by atoms with E-state index < -0.39 is 10.9 Å². The molecule has 0 aliphatic carbocycles. The van der Waals surface area contributed by atoms with E-state index in [1.807, 2.05) is 0 Å². The fourth-order valence-electron chi connectivity index (χ4n) is 0.966. The second-order valence-electron chi connectivity index (χ2n) is 2.54. The number of nitro benzene ring substituents is 1. The van der Waals surface area contributed by atoms with Crippen LogP contribution in [0.3, 0.4) is 0 Å². The standard InChI is InChI=1S/C8H5BrINO4/c1-15-8(12)5-2-4(9)3-6(7(5)10)11(13)14/h2-3H,1H3. The van der Waals surface area contributed by atoms with E-state index in [1.165, 1.54) is 19.2 Å². The number of rotatable bonds is 2. The molecule has 0 amide bonds. The number of methoxy groups -OCH3 is 1. The van der Waals surface area contributed by atoms with Crippen LogP contribution in [0.2, 0.25) is 0 Å². The predicted octanol–water partition coefficient (Wildman–Crippen LogP) is 2.75. The third-order valence-electron chi connectivity index (χ3n) is 1.62. The summed E-state index contributed by atoms with van der Waals surface area (Å²) >= 11 is 4.85. The van der Waals surface area contributed by atoms with E-state index in [0.717, 1.165) is 0 Å². The molecule has 0 spiro atoms. The third kappa shape index (κ3) is 2.65. The largest absolute Gasteiger partial charge is 0.465 e. The Kier molecular flexibility index (Phi) is 4.03. The van der Waals surface area contributed by atoms with Gasteiger partial charge < -0.3 is 4.74 Å². The van der Waals surface area contributed by atoms with E-state index in [-0.39, 0.29) is 14.8 Å². The molecule has 0 N–H and O–H groups in total. The molecular weight excluding hydrogens is 381 g/mol. The van der Waals surface area contributed by atoms with Crippen LogP contribution in [0.5, 0.6) is 0 Å². The first kappa shape index (κ1) is 12.4. The van der Waals surface area contributed by atoms with E-state index in [0.29, 0.717) is 4.47 Å². The highest BCUT2D eigenvalue weighted by Gasteiger charge is 2.21. The van der Waals surface area contributed by atoms with Crippen LogP contribution in [-0.4, -0.2) is 18.0 Å². The average molecular weight is 386 g/mol. The van der Waals surface area contributed by atoms with Crippen molar-refractivity contribution in [1.29, 1.82) is 0 Å². The Balaban J connectivity index is 3.41. The number of ether oxygens (including phenoxy) is 1. The summed E-state index contributed by atoms with van der Waals surface area (Å²) in [7, 11) is 1.23. The van der Waals surface area contributed by atoms with Crippen molar-refractivity contribution in [2.24, 2.45) is 0 Å². The van der Waals surface area contributed by atoms with Gasteiger partial charge in [0.2, 0.25) is 0 Å². The number of hydrogen-bond acceptors (Lipinski definition) is 4. The van der Waals surface area contributed by atoms with Gasteiger partial charge in [-0.1, -0.05) is 15.9 Å². The molecule has 0 fully saturated rings. The SMILES string of the molecule is COC(=O)c1cc(Br)cc([N+](=O)[O-])c1I. The highest BCUT2D eigenvalue weighted by atomic mass is 127. The summed E-state index contributed by atoms with van der Waals surface area (Å²) in [5.74, 6) is -0.594. The Bertz CT molecular complexity index is 435. The zero-order chi connectivity index (χ0) is 11.6. The van der Waals surface area contributed by atoms with Gasteiger partial charge in [0.05, 0.1) is 17.6 Å². The summed E-state index contributed by atoms with van der Waals surface area (Å²) < 4.78 is 5.26. The molecule has 15 heavy (non-hydrogen) atoms. The van der Waals surface area contributed by atoms with Crippen molar-refractivity contribution in [2.75, 3.05) is 7.11 Å². The third-order valence-corrected chi connectivity index (χ3v) is 3.21. The Labute approximate surface area is 107 Å². The molecule has 0 atom stereocenters. The first-order valence-electron chi connectivity index (χ1n) is 3.69. The lowest BCUT2D eigenvalue weighted by Gasteiger charge is -2.03. The van der Waals surface area contributed by atoms with E-state index in [9.17, 15) is 14.9 Å². The molecule has 5 nitrogen and oxygen atoms in total. The minimum Gasteiger partial charge on any atom is -0.465 e. The highest BCUT2D eigenvalue weighted by molar-refractivity contribution is 14.1. The number of halogens is 2. The van der Waals surface area contributed by atoms with Crippen molar-refractivity contribution < 1.29 is 14.5 Å². The summed E-state index contributed by atoms with van der Waals surface area (Å²) in [6.45, 7) is 0. The number of carbonyl (C=O) groups is 1. The van der Waals surface area contributed by atoms with Gasteiger partial charge in [-0.3, -0.25) is 10.1 Å². The van der Waals surface area contributed by atoms with Gasteiger partial charge in [-0.05, 0) is 28.7 Å². The van der Waals surface area contributed by atoms with Crippen molar-refractivity contribution in [3.63, 3.8) is 0 Å². The molecule has 0 radical (unpaired) electrons. The summed E-state index contributed by atoms with van der Waals surface area (Å²) in [5, 5.41) is 10.7. The van der Waals surface area contributed by atoms with Crippen molar-refractivity contribution in [3.05, 3.63) is 35.9 Å². The van der Waals surface area contributed by atoms with Crippen molar-refractivity contribution in [1.82, 2.24) is 0 Å². The zero-order valence-corrected chi connectivity index (χ0v) is 11.2. The smallest absolute Gasteiger partial charge is 0.339 e. The molecule has 1 aromatic rings. The molecule has 0 aromatic heterocycles. The number of esters is 1. The monoisotopic (exact) mass is 385 g/mol. The Morgan fingerprint density at radius 2 is 2.20 bits per heavy atom. The number of nitrogens with zero attached hydrogens (tertiary/aromatic N) is 1. The lowest BCUT2D eigenvalue weighted by atomic mass is 10.2. The van der Waals surface area contributed by atoms with Crippen LogP contribution < -0.4 is 0 Å². The number of benzene rings is 1. The molecule has 0 aliphatic rings. The number of nitro groups is 1. The maximum absolute atomic E-state index is 11.3. The minimum atomic E-state index is -0.594. The highest BCUT2D eigenvalue weighted by Crippen LogP contribution is 2.29. The zero-order valence-electron chi connectivity index (χ0n) is 7.49. The van der Waals surface area contributed by atoms with Crippen LogP contribution in [0.1, 0.15) is 10.4 Å². The quantitative estimate of drug-likeness (QED) is 0.339. The van der Waals surface area contributed by atoms with Gasteiger partial charge >= 0.3 is 5.97 Å². The minimum absolute atomic E-state index is 0.120. The van der Waals surface area contributed by atoms with Crippen molar-refractivity contribution in [3.8, 4) is 0 Å². The number of carbonyl (C=O) groups excluding carboxylic acids is 1. The lowest BCUT2D eigenvalue weighted by Crippen LogP contribution is -2.06. The molecule has 0 heterocycles. The molecule has 1 aromatic carbocycles. The molecule has 1 rings (SSSR count). The second kappa shape index (κ2) is 4.88. The first-order chi connectivity index (χ1) is 6.97. The summed E-state index contributed by atoms with van der Waals surface area (Å²) in [4.78, 5) is 21.4.